The zero-order valence-corrected chi connectivity index (χ0v) is 17.6. The topological polar surface area (TPSA) is 0 Å². The number of allylic oxidation sites excluding steroid dienone is 2. The third-order valence-corrected chi connectivity index (χ3v) is 4.26. The first-order chi connectivity index (χ1) is 8.83. The normalized spacial score (nSPS) is 10.8. The largest absolute Gasteiger partial charge is 0.0921 e. The van der Waals surface area contributed by atoms with Crippen LogP contribution in [0.2, 0.25) is 12.1 Å². The first-order valence-corrected chi connectivity index (χ1v) is 11.3. The highest BCUT2D eigenvalue weighted by molar-refractivity contribution is 6.09. The highest BCUT2D eigenvalue weighted by Crippen LogP contribution is 2.05. The van der Waals surface area contributed by atoms with Gasteiger partial charge in [0.2, 0.25) is 0 Å². The minimum absolute atomic E-state index is 1.30. The zero-order chi connectivity index (χ0) is 13.9. The van der Waals surface area contributed by atoms with Crippen molar-refractivity contribution >= 4 is 20.5 Å². The molecule has 0 spiro atoms. The lowest BCUT2D eigenvalue weighted by molar-refractivity contribution is 0.624. The molecule has 0 heterocycles. The van der Waals surface area contributed by atoms with E-state index in [0.29, 0.717) is 0 Å². The maximum Gasteiger partial charge on any atom is 0.00754 e. The van der Waals surface area contributed by atoms with Crippen LogP contribution in [0.5, 0.6) is 0 Å². The number of hydrogen-bond acceptors (Lipinski definition) is 0. The lowest BCUT2D eigenvalue weighted by atomic mass is 10.1. The fourth-order valence-corrected chi connectivity index (χ4v) is 2.66. The highest BCUT2D eigenvalue weighted by Gasteiger charge is 1.85. The van der Waals surface area contributed by atoms with Crippen molar-refractivity contribution in [3.05, 3.63) is 12.2 Å². The van der Waals surface area contributed by atoms with Crippen molar-refractivity contribution in [1.29, 1.82) is 0 Å². The molecule has 18 heavy (non-hydrogen) atoms. The van der Waals surface area contributed by atoms with Crippen LogP contribution in [0.25, 0.3) is 0 Å². The van der Waals surface area contributed by atoms with E-state index in [1.54, 1.807) is 0 Å². The van der Waals surface area contributed by atoms with Crippen LogP contribution in [0, 0.1) is 0 Å². The van der Waals surface area contributed by atoms with Crippen molar-refractivity contribution in [3.63, 3.8) is 0 Å². The van der Waals surface area contributed by atoms with E-state index < -0.39 is 0 Å². The third kappa shape index (κ3) is 25.1. The molecule has 0 nitrogen and oxygen atoms in total. The molecular formula is C16H38Si2. The average Bonchev–Trinajstić information content (AvgIpc) is 2.39. The van der Waals surface area contributed by atoms with Gasteiger partial charge in [0.1, 0.15) is 0 Å². The molecule has 0 aliphatic rings. The van der Waals surface area contributed by atoms with Crippen molar-refractivity contribution < 1.29 is 0 Å². The summed E-state index contributed by atoms with van der Waals surface area (Å²) < 4.78 is 0. The van der Waals surface area contributed by atoms with Gasteiger partial charge in [0.15, 0.2) is 0 Å². The molecule has 0 aromatic carbocycles. The van der Waals surface area contributed by atoms with Gasteiger partial charge in [-0.1, -0.05) is 83.4 Å². The molecule has 0 aliphatic carbocycles. The Hall–Kier alpha value is 0.174. The van der Waals surface area contributed by atoms with E-state index in [1.165, 1.54) is 96.8 Å². The molecule has 0 aliphatic heterocycles. The molecule has 0 atom stereocenters. The van der Waals surface area contributed by atoms with Crippen molar-refractivity contribution in [3.8, 4) is 0 Å². The zero-order valence-electron chi connectivity index (χ0n) is 13.6. The first-order valence-electron chi connectivity index (χ1n) is 8.48. The fourth-order valence-electron chi connectivity index (χ4n) is 1.83. The Morgan fingerprint density at radius 1 is 0.667 bits per heavy atom. The van der Waals surface area contributed by atoms with E-state index in [4.69, 9.17) is 0 Å². The Balaban J connectivity index is 0. The van der Waals surface area contributed by atoms with Crippen LogP contribution in [-0.4, -0.2) is 20.5 Å². The summed E-state index contributed by atoms with van der Waals surface area (Å²) in [6, 6.07) is 2.83. The molecule has 0 N–H and O–H groups in total. The SMILES string of the molecule is CCCCCC=CC[SiH3].CCCCCCCC[SiH3]. The Morgan fingerprint density at radius 3 is 1.78 bits per heavy atom. The van der Waals surface area contributed by atoms with Gasteiger partial charge in [-0.05, 0) is 18.9 Å². The van der Waals surface area contributed by atoms with Gasteiger partial charge in [0.25, 0.3) is 0 Å². The third-order valence-electron chi connectivity index (χ3n) is 3.08. The second kappa shape index (κ2) is 22.4. The molecule has 110 valence electrons. The van der Waals surface area contributed by atoms with E-state index in [1.807, 2.05) is 0 Å². The molecule has 0 rings (SSSR count). The van der Waals surface area contributed by atoms with Crippen LogP contribution >= 0.6 is 0 Å². The maximum absolute atomic E-state index is 2.32. The molecule has 0 amide bonds. The lowest BCUT2D eigenvalue weighted by Gasteiger charge is -1.96. The summed E-state index contributed by atoms with van der Waals surface area (Å²) in [5, 5.41) is 0. The van der Waals surface area contributed by atoms with Gasteiger partial charge in [-0.15, -0.1) is 0 Å². The molecule has 0 saturated carbocycles. The summed E-state index contributed by atoms with van der Waals surface area (Å²) >= 11 is 0. The minimum Gasteiger partial charge on any atom is -0.0921 e. The Morgan fingerprint density at radius 2 is 1.22 bits per heavy atom. The second-order valence-electron chi connectivity index (χ2n) is 5.14. The van der Waals surface area contributed by atoms with Crippen LogP contribution in [0.4, 0.5) is 0 Å². The predicted molar refractivity (Wildman–Crippen MR) is 96.2 cm³/mol. The van der Waals surface area contributed by atoms with E-state index in [-0.39, 0.29) is 0 Å². The van der Waals surface area contributed by atoms with E-state index in [0.717, 1.165) is 0 Å². The van der Waals surface area contributed by atoms with Gasteiger partial charge < -0.3 is 0 Å². The summed E-state index contributed by atoms with van der Waals surface area (Å²) in [5.41, 5.74) is 0. The van der Waals surface area contributed by atoms with E-state index >= 15 is 0 Å². The van der Waals surface area contributed by atoms with Gasteiger partial charge >= 0.3 is 0 Å². The minimum atomic E-state index is 1.30. The monoisotopic (exact) mass is 286 g/mol. The molecule has 0 unspecified atom stereocenters. The maximum atomic E-state index is 2.32. The smallest absolute Gasteiger partial charge is 0.00754 e. The molecule has 0 saturated heterocycles. The Bertz CT molecular complexity index is 138. The number of rotatable bonds is 11. The van der Waals surface area contributed by atoms with Crippen molar-refractivity contribution in [2.75, 3.05) is 0 Å². The van der Waals surface area contributed by atoms with Crippen LogP contribution in [-0.2, 0) is 0 Å². The van der Waals surface area contributed by atoms with E-state index in [9.17, 15) is 0 Å². The summed E-state index contributed by atoms with van der Waals surface area (Å²) in [5.74, 6) is 0. The molecule has 0 aromatic heterocycles. The van der Waals surface area contributed by atoms with Crippen molar-refractivity contribution in [2.24, 2.45) is 0 Å². The molecule has 0 fully saturated rings. The Labute approximate surface area is 123 Å². The lowest BCUT2D eigenvalue weighted by Crippen LogP contribution is -1.77. The number of unbranched alkanes of at least 4 members (excludes halogenated alkanes) is 8. The van der Waals surface area contributed by atoms with Crippen LogP contribution in [0.1, 0.15) is 78.1 Å². The van der Waals surface area contributed by atoms with Crippen molar-refractivity contribution in [2.45, 2.75) is 90.1 Å². The van der Waals surface area contributed by atoms with Gasteiger partial charge in [-0.3, -0.25) is 0 Å². The number of hydrogen-bond donors (Lipinski definition) is 0. The standard InChI is InChI=1S/C8H20Si.C8H18Si/c2*1-2-3-4-5-6-7-8-9/h2-8H2,1,9H3;6-7H,2-5,8H2,1,9H3. The summed E-state index contributed by atoms with van der Waals surface area (Å²) in [6.07, 6.45) is 18.8. The van der Waals surface area contributed by atoms with Gasteiger partial charge in [0, 0.05) is 20.5 Å². The first kappa shape index (κ1) is 20.5. The average molecular weight is 287 g/mol. The van der Waals surface area contributed by atoms with Crippen LogP contribution in [0.15, 0.2) is 12.2 Å². The van der Waals surface area contributed by atoms with Crippen LogP contribution in [0.3, 0.4) is 0 Å². The Kier molecular flexibility index (Phi) is 25.5. The predicted octanol–water partition coefficient (Wildman–Crippen LogP) is 4.04. The van der Waals surface area contributed by atoms with Gasteiger partial charge in [-0.25, -0.2) is 0 Å². The van der Waals surface area contributed by atoms with Gasteiger partial charge in [-0.2, -0.15) is 0 Å². The molecule has 0 radical (unpaired) electrons. The quantitative estimate of drug-likeness (QED) is 0.305. The highest BCUT2D eigenvalue weighted by atomic mass is 28.1. The van der Waals surface area contributed by atoms with Crippen LogP contribution < -0.4 is 0 Å². The molecule has 0 bridgehead atoms. The van der Waals surface area contributed by atoms with Gasteiger partial charge in [0.05, 0.1) is 0 Å². The second-order valence-corrected chi connectivity index (χ2v) is 6.96. The molecular weight excluding hydrogens is 248 g/mol. The molecule has 2 heteroatoms. The van der Waals surface area contributed by atoms with Crippen molar-refractivity contribution in [1.82, 2.24) is 0 Å². The molecule has 0 aromatic rings. The summed E-state index contributed by atoms with van der Waals surface area (Å²) in [7, 11) is 2.73. The summed E-state index contributed by atoms with van der Waals surface area (Å²) in [4.78, 5) is 0. The van der Waals surface area contributed by atoms with E-state index in [2.05, 4.69) is 26.0 Å². The summed E-state index contributed by atoms with van der Waals surface area (Å²) in [6.45, 7) is 4.52. The fraction of sp³-hybridized carbons (Fsp3) is 0.875.